The predicted molar refractivity (Wildman–Crippen MR) is 116 cm³/mol. The molecule has 5 nitrogen and oxygen atoms in total. The summed E-state index contributed by atoms with van der Waals surface area (Å²) in [5.74, 6) is -0.143. The summed E-state index contributed by atoms with van der Waals surface area (Å²) >= 11 is 0. The Morgan fingerprint density at radius 1 is 0.828 bits per heavy atom. The highest BCUT2D eigenvalue weighted by Gasteiger charge is 2.11. The summed E-state index contributed by atoms with van der Waals surface area (Å²) in [4.78, 5) is 12.7. The number of sulfonamides is 1. The number of nitrogens with one attached hydrogen (secondary N) is 2. The molecular weight excluding hydrogens is 384 g/mol. The summed E-state index contributed by atoms with van der Waals surface area (Å²) in [6, 6.07) is 24.8. The van der Waals surface area contributed by atoms with E-state index >= 15 is 0 Å². The zero-order chi connectivity index (χ0) is 20.7. The minimum absolute atomic E-state index is 0.143. The molecule has 0 saturated carbocycles. The second-order valence-corrected chi connectivity index (χ2v) is 8.65. The minimum Gasteiger partial charge on any atom is -0.348 e. The normalized spacial score (nSPS) is 11.1. The highest BCUT2D eigenvalue weighted by atomic mass is 32.2. The number of hydrogen-bond donors (Lipinski definition) is 2. The van der Waals surface area contributed by atoms with Crippen LogP contribution in [-0.4, -0.2) is 20.6 Å². The highest BCUT2D eigenvalue weighted by Crippen LogP contribution is 2.15. The highest BCUT2D eigenvalue weighted by molar-refractivity contribution is 7.92. The molecule has 0 heterocycles. The molecule has 0 fully saturated rings. The molecule has 6 heteroatoms. The number of aryl methyl sites for hydroxylation is 2. The van der Waals surface area contributed by atoms with Gasteiger partial charge in [-0.05, 0) is 47.7 Å². The Bertz CT molecular complexity index is 1080. The van der Waals surface area contributed by atoms with Gasteiger partial charge in [-0.25, -0.2) is 8.42 Å². The van der Waals surface area contributed by atoms with Crippen LogP contribution in [-0.2, 0) is 29.4 Å². The van der Waals surface area contributed by atoms with Crippen molar-refractivity contribution in [3.63, 3.8) is 0 Å². The van der Waals surface area contributed by atoms with Crippen LogP contribution in [0.25, 0.3) is 0 Å². The van der Waals surface area contributed by atoms with Crippen LogP contribution in [0.3, 0.4) is 0 Å². The van der Waals surface area contributed by atoms with Crippen molar-refractivity contribution in [3.8, 4) is 0 Å². The molecule has 0 aliphatic rings. The van der Waals surface area contributed by atoms with Gasteiger partial charge in [0.15, 0.2) is 0 Å². The van der Waals surface area contributed by atoms with Crippen molar-refractivity contribution in [1.82, 2.24) is 5.32 Å². The molecule has 0 aliphatic heterocycles. The summed E-state index contributed by atoms with van der Waals surface area (Å²) < 4.78 is 25.2. The Morgan fingerprint density at radius 3 is 2.28 bits per heavy atom. The largest absolute Gasteiger partial charge is 0.348 e. The van der Waals surface area contributed by atoms with Crippen molar-refractivity contribution < 1.29 is 13.2 Å². The number of hydrogen-bond acceptors (Lipinski definition) is 3. The standard InChI is InChI=1S/C23H24N2O3S/c1-29(27,28)25-21-12-7-10-19(16-21)17-24-23(26)22-13-6-5-11-20(22)15-14-18-8-3-2-4-9-18/h2-13,16,25H,14-15,17H2,1H3,(H,24,26). The summed E-state index contributed by atoms with van der Waals surface area (Å²) in [5.41, 5.74) is 4.18. The maximum absolute atomic E-state index is 12.7. The number of carbonyl (C=O) groups is 1. The lowest BCUT2D eigenvalue weighted by molar-refractivity contribution is 0.0950. The van der Waals surface area contributed by atoms with E-state index in [-0.39, 0.29) is 5.91 Å². The molecule has 0 bridgehead atoms. The van der Waals surface area contributed by atoms with Gasteiger partial charge in [-0.2, -0.15) is 0 Å². The van der Waals surface area contributed by atoms with Crippen LogP contribution in [0.1, 0.15) is 27.0 Å². The first-order valence-corrected chi connectivity index (χ1v) is 11.3. The molecule has 150 valence electrons. The molecule has 0 spiro atoms. The van der Waals surface area contributed by atoms with E-state index in [1.165, 1.54) is 5.56 Å². The number of anilines is 1. The van der Waals surface area contributed by atoms with Gasteiger partial charge in [-0.3, -0.25) is 9.52 Å². The first kappa shape index (κ1) is 20.6. The Kier molecular flexibility index (Phi) is 6.67. The van der Waals surface area contributed by atoms with Crippen molar-refractivity contribution in [3.05, 3.63) is 101 Å². The molecule has 0 atom stereocenters. The van der Waals surface area contributed by atoms with Gasteiger partial charge in [0, 0.05) is 17.8 Å². The molecule has 3 aromatic carbocycles. The topological polar surface area (TPSA) is 75.3 Å². The molecule has 2 N–H and O–H groups in total. The third-order valence-electron chi connectivity index (χ3n) is 4.47. The third kappa shape index (κ3) is 6.47. The van der Waals surface area contributed by atoms with Gasteiger partial charge in [0.25, 0.3) is 5.91 Å². The minimum atomic E-state index is -3.34. The molecule has 3 aromatic rings. The van der Waals surface area contributed by atoms with Crippen LogP contribution in [0.5, 0.6) is 0 Å². The van der Waals surface area contributed by atoms with Crippen molar-refractivity contribution in [2.75, 3.05) is 11.0 Å². The Balaban J connectivity index is 1.65. The number of carbonyl (C=O) groups excluding carboxylic acids is 1. The van der Waals surface area contributed by atoms with E-state index in [4.69, 9.17) is 0 Å². The number of rotatable bonds is 8. The average molecular weight is 409 g/mol. The van der Waals surface area contributed by atoms with Crippen LogP contribution < -0.4 is 10.0 Å². The Hall–Kier alpha value is -3.12. The van der Waals surface area contributed by atoms with E-state index in [1.807, 2.05) is 48.5 Å². The Labute approximate surface area is 171 Å². The summed E-state index contributed by atoms with van der Waals surface area (Å²) in [5, 5.41) is 2.93. The fourth-order valence-electron chi connectivity index (χ4n) is 3.12. The van der Waals surface area contributed by atoms with Crippen LogP contribution >= 0.6 is 0 Å². The fourth-order valence-corrected chi connectivity index (χ4v) is 3.68. The number of benzene rings is 3. The number of amides is 1. The lowest BCUT2D eigenvalue weighted by Gasteiger charge is -2.11. The van der Waals surface area contributed by atoms with Gasteiger partial charge in [-0.1, -0.05) is 60.7 Å². The monoisotopic (exact) mass is 408 g/mol. The molecule has 29 heavy (non-hydrogen) atoms. The van der Waals surface area contributed by atoms with Gasteiger partial charge in [0.05, 0.1) is 6.26 Å². The molecule has 3 rings (SSSR count). The first-order valence-electron chi connectivity index (χ1n) is 9.37. The van der Waals surface area contributed by atoms with Crippen LogP contribution in [0, 0.1) is 0 Å². The van der Waals surface area contributed by atoms with E-state index < -0.39 is 10.0 Å². The van der Waals surface area contributed by atoms with E-state index in [2.05, 4.69) is 22.2 Å². The van der Waals surface area contributed by atoms with Crippen molar-refractivity contribution in [1.29, 1.82) is 0 Å². The van der Waals surface area contributed by atoms with Crippen molar-refractivity contribution in [2.24, 2.45) is 0 Å². The van der Waals surface area contributed by atoms with E-state index in [9.17, 15) is 13.2 Å². The van der Waals surface area contributed by atoms with Crippen LogP contribution in [0.2, 0.25) is 0 Å². The lowest BCUT2D eigenvalue weighted by atomic mass is 9.99. The van der Waals surface area contributed by atoms with Gasteiger partial charge in [0.1, 0.15) is 0 Å². The van der Waals surface area contributed by atoms with Gasteiger partial charge in [0.2, 0.25) is 10.0 Å². The summed E-state index contributed by atoms with van der Waals surface area (Å²) in [6.07, 6.45) is 2.75. The molecule has 0 unspecified atom stereocenters. The zero-order valence-corrected chi connectivity index (χ0v) is 17.1. The summed E-state index contributed by atoms with van der Waals surface area (Å²) in [7, 11) is -3.34. The van der Waals surface area contributed by atoms with E-state index in [0.29, 0.717) is 17.8 Å². The summed E-state index contributed by atoms with van der Waals surface area (Å²) in [6.45, 7) is 0.311. The average Bonchev–Trinajstić information content (AvgIpc) is 2.70. The van der Waals surface area contributed by atoms with Gasteiger partial charge < -0.3 is 5.32 Å². The van der Waals surface area contributed by atoms with Gasteiger partial charge in [-0.15, -0.1) is 0 Å². The second-order valence-electron chi connectivity index (χ2n) is 6.90. The maximum atomic E-state index is 12.7. The molecule has 0 radical (unpaired) electrons. The van der Waals surface area contributed by atoms with E-state index in [0.717, 1.165) is 30.2 Å². The zero-order valence-electron chi connectivity index (χ0n) is 16.3. The SMILES string of the molecule is CS(=O)(=O)Nc1cccc(CNC(=O)c2ccccc2CCc2ccccc2)c1. The predicted octanol–water partition coefficient (Wildman–Crippen LogP) is 3.77. The second kappa shape index (κ2) is 9.39. The van der Waals surface area contributed by atoms with Crippen LogP contribution in [0.15, 0.2) is 78.9 Å². The van der Waals surface area contributed by atoms with E-state index in [1.54, 1.807) is 18.2 Å². The Morgan fingerprint density at radius 2 is 1.52 bits per heavy atom. The first-order chi connectivity index (χ1) is 13.9. The quantitative estimate of drug-likeness (QED) is 0.596. The molecule has 0 saturated heterocycles. The third-order valence-corrected chi connectivity index (χ3v) is 5.08. The van der Waals surface area contributed by atoms with Gasteiger partial charge >= 0.3 is 0 Å². The van der Waals surface area contributed by atoms with Crippen molar-refractivity contribution >= 4 is 21.6 Å². The molecular formula is C23H24N2O3S. The fraction of sp³-hybridized carbons (Fsp3) is 0.174. The lowest BCUT2D eigenvalue weighted by Crippen LogP contribution is -2.24. The van der Waals surface area contributed by atoms with Crippen molar-refractivity contribution in [2.45, 2.75) is 19.4 Å². The maximum Gasteiger partial charge on any atom is 0.251 e. The van der Waals surface area contributed by atoms with Crippen LogP contribution in [0.4, 0.5) is 5.69 Å². The molecule has 1 amide bonds. The molecule has 0 aromatic heterocycles. The molecule has 0 aliphatic carbocycles. The smallest absolute Gasteiger partial charge is 0.251 e.